The monoisotopic (exact) mass is 231 g/mol. The Bertz CT molecular complexity index is 396. The summed E-state index contributed by atoms with van der Waals surface area (Å²) in [6, 6.07) is 10.7. The standard InChI is InChI=1S/C13H17N3O/c1-17-13-4-2-12(3-5-13)16-9-6-11(10-16)15-8-7-14/h2-5,11,15H,6,8-10H2,1H3. The summed E-state index contributed by atoms with van der Waals surface area (Å²) in [6.45, 7) is 2.44. The van der Waals surface area contributed by atoms with Crippen LogP contribution in [0.15, 0.2) is 24.3 Å². The van der Waals surface area contributed by atoms with E-state index in [4.69, 9.17) is 10.00 Å². The molecule has 1 N–H and O–H groups in total. The van der Waals surface area contributed by atoms with Crippen molar-refractivity contribution < 1.29 is 4.74 Å². The highest BCUT2D eigenvalue weighted by molar-refractivity contribution is 5.50. The van der Waals surface area contributed by atoms with Gasteiger partial charge in [-0.1, -0.05) is 0 Å². The first kappa shape index (κ1) is 11.7. The molecular formula is C13H17N3O. The largest absolute Gasteiger partial charge is 0.497 e. The summed E-state index contributed by atoms with van der Waals surface area (Å²) in [5.74, 6) is 0.882. The second-order valence-electron chi connectivity index (χ2n) is 4.17. The highest BCUT2D eigenvalue weighted by Crippen LogP contribution is 2.22. The van der Waals surface area contributed by atoms with Gasteiger partial charge in [0.05, 0.1) is 19.7 Å². The molecule has 0 spiro atoms. The van der Waals surface area contributed by atoms with Crippen LogP contribution in [0, 0.1) is 11.3 Å². The number of nitrogens with zero attached hydrogens (tertiary/aromatic N) is 2. The summed E-state index contributed by atoms with van der Waals surface area (Å²) in [5.41, 5.74) is 1.21. The first-order chi connectivity index (χ1) is 8.33. The van der Waals surface area contributed by atoms with Crippen molar-refractivity contribution in [3.8, 4) is 11.8 Å². The van der Waals surface area contributed by atoms with Crippen molar-refractivity contribution in [2.75, 3.05) is 31.6 Å². The number of hydrogen-bond acceptors (Lipinski definition) is 4. The fraction of sp³-hybridized carbons (Fsp3) is 0.462. The minimum absolute atomic E-state index is 0.428. The Kier molecular flexibility index (Phi) is 3.84. The zero-order valence-electron chi connectivity index (χ0n) is 10.0. The first-order valence-electron chi connectivity index (χ1n) is 5.83. The van der Waals surface area contributed by atoms with E-state index in [9.17, 15) is 0 Å². The van der Waals surface area contributed by atoms with E-state index >= 15 is 0 Å². The van der Waals surface area contributed by atoms with Crippen molar-refractivity contribution in [3.05, 3.63) is 24.3 Å². The fourth-order valence-electron chi connectivity index (χ4n) is 2.14. The summed E-state index contributed by atoms with van der Waals surface area (Å²) in [6.07, 6.45) is 1.09. The van der Waals surface area contributed by atoms with Crippen LogP contribution in [-0.4, -0.2) is 32.8 Å². The molecule has 0 aliphatic carbocycles. The second-order valence-corrected chi connectivity index (χ2v) is 4.17. The van der Waals surface area contributed by atoms with E-state index in [1.165, 1.54) is 5.69 Å². The van der Waals surface area contributed by atoms with Gasteiger partial charge >= 0.3 is 0 Å². The van der Waals surface area contributed by atoms with Gasteiger partial charge in [0.25, 0.3) is 0 Å². The summed E-state index contributed by atoms with van der Waals surface area (Å²) >= 11 is 0. The van der Waals surface area contributed by atoms with Crippen LogP contribution >= 0.6 is 0 Å². The maximum Gasteiger partial charge on any atom is 0.119 e. The van der Waals surface area contributed by atoms with E-state index in [0.29, 0.717) is 12.6 Å². The fourth-order valence-corrected chi connectivity index (χ4v) is 2.14. The number of hydrogen-bond donors (Lipinski definition) is 1. The van der Waals surface area contributed by atoms with Crippen LogP contribution in [0.5, 0.6) is 5.75 Å². The van der Waals surface area contributed by atoms with Gasteiger partial charge in [0.2, 0.25) is 0 Å². The van der Waals surface area contributed by atoms with Crippen LogP contribution in [0.3, 0.4) is 0 Å². The van der Waals surface area contributed by atoms with E-state index in [-0.39, 0.29) is 0 Å². The quantitative estimate of drug-likeness (QED) is 0.795. The summed E-state index contributed by atoms with van der Waals surface area (Å²) in [4.78, 5) is 2.33. The molecule has 0 aromatic heterocycles. The van der Waals surface area contributed by atoms with Gasteiger partial charge in [-0.3, -0.25) is 5.32 Å². The van der Waals surface area contributed by atoms with Gasteiger partial charge in [-0.2, -0.15) is 5.26 Å². The smallest absolute Gasteiger partial charge is 0.119 e. The summed E-state index contributed by atoms with van der Waals surface area (Å²) in [7, 11) is 1.67. The molecule has 90 valence electrons. The zero-order valence-corrected chi connectivity index (χ0v) is 10.0. The lowest BCUT2D eigenvalue weighted by molar-refractivity contribution is 0.415. The van der Waals surface area contributed by atoms with Crippen LogP contribution in [0.4, 0.5) is 5.69 Å². The normalized spacial score (nSPS) is 19.1. The average Bonchev–Trinajstić information content (AvgIpc) is 2.85. The molecule has 0 saturated carbocycles. The van der Waals surface area contributed by atoms with Crippen LogP contribution in [0.2, 0.25) is 0 Å². The highest BCUT2D eigenvalue weighted by Gasteiger charge is 2.21. The average molecular weight is 231 g/mol. The Balaban J connectivity index is 1.93. The number of ether oxygens (including phenoxy) is 1. The maximum atomic E-state index is 8.53. The first-order valence-corrected chi connectivity index (χ1v) is 5.83. The minimum Gasteiger partial charge on any atom is -0.497 e. The van der Waals surface area contributed by atoms with E-state index in [1.54, 1.807) is 7.11 Å². The van der Waals surface area contributed by atoms with Crippen molar-refractivity contribution in [1.29, 1.82) is 5.26 Å². The number of rotatable bonds is 4. The van der Waals surface area contributed by atoms with Crippen molar-refractivity contribution >= 4 is 5.69 Å². The van der Waals surface area contributed by atoms with Crippen LogP contribution in [0.25, 0.3) is 0 Å². The Morgan fingerprint density at radius 2 is 2.24 bits per heavy atom. The van der Waals surface area contributed by atoms with Crippen LogP contribution in [0.1, 0.15) is 6.42 Å². The molecule has 1 aliphatic rings. The predicted molar refractivity (Wildman–Crippen MR) is 67.2 cm³/mol. The number of benzene rings is 1. The molecule has 1 heterocycles. The Labute approximate surface area is 102 Å². The van der Waals surface area contributed by atoms with Crippen LogP contribution < -0.4 is 15.0 Å². The molecule has 1 atom stereocenters. The molecule has 0 amide bonds. The number of anilines is 1. The number of nitriles is 1. The molecule has 4 heteroatoms. The minimum atomic E-state index is 0.428. The van der Waals surface area contributed by atoms with E-state index in [1.807, 2.05) is 12.1 Å². The third-order valence-electron chi connectivity index (χ3n) is 3.10. The SMILES string of the molecule is COc1ccc(N2CCC(NCC#N)C2)cc1. The molecule has 1 aromatic carbocycles. The molecule has 4 nitrogen and oxygen atoms in total. The summed E-state index contributed by atoms with van der Waals surface area (Å²) in [5, 5.41) is 11.8. The van der Waals surface area contributed by atoms with Gasteiger partial charge in [0, 0.05) is 24.8 Å². The third-order valence-corrected chi connectivity index (χ3v) is 3.10. The molecule has 1 aromatic rings. The second kappa shape index (κ2) is 5.55. The van der Waals surface area contributed by atoms with Gasteiger partial charge in [-0.05, 0) is 30.7 Å². The lowest BCUT2D eigenvalue weighted by Gasteiger charge is -2.19. The van der Waals surface area contributed by atoms with Crippen molar-refractivity contribution in [2.45, 2.75) is 12.5 Å². The van der Waals surface area contributed by atoms with Crippen molar-refractivity contribution in [1.82, 2.24) is 5.32 Å². The molecule has 0 bridgehead atoms. The van der Waals surface area contributed by atoms with Crippen molar-refractivity contribution in [2.24, 2.45) is 0 Å². The molecule has 0 radical (unpaired) electrons. The molecule has 17 heavy (non-hydrogen) atoms. The van der Waals surface area contributed by atoms with E-state index in [2.05, 4.69) is 28.4 Å². The maximum absolute atomic E-state index is 8.53. The molecular weight excluding hydrogens is 214 g/mol. The van der Waals surface area contributed by atoms with Crippen molar-refractivity contribution in [3.63, 3.8) is 0 Å². The Hall–Kier alpha value is -1.73. The highest BCUT2D eigenvalue weighted by atomic mass is 16.5. The Morgan fingerprint density at radius 3 is 2.88 bits per heavy atom. The molecule has 1 fully saturated rings. The van der Waals surface area contributed by atoms with Crippen LogP contribution in [-0.2, 0) is 0 Å². The molecule has 1 unspecified atom stereocenters. The van der Waals surface area contributed by atoms with Gasteiger partial charge in [0.1, 0.15) is 5.75 Å². The Morgan fingerprint density at radius 1 is 1.47 bits per heavy atom. The number of nitrogens with one attached hydrogen (secondary N) is 1. The zero-order chi connectivity index (χ0) is 12.1. The lowest BCUT2D eigenvalue weighted by Crippen LogP contribution is -2.32. The number of methoxy groups -OCH3 is 1. The lowest BCUT2D eigenvalue weighted by atomic mass is 10.2. The molecule has 1 aliphatic heterocycles. The van der Waals surface area contributed by atoms with E-state index < -0.39 is 0 Å². The van der Waals surface area contributed by atoms with Gasteiger partial charge in [-0.25, -0.2) is 0 Å². The van der Waals surface area contributed by atoms with Gasteiger partial charge in [-0.15, -0.1) is 0 Å². The topological polar surface area (TPSA) is 48.3 Å². The molecule has 2 rings (SSSR count). The van der Waals surface area contributed by atoms with E-state index in [0.717, 1.165) is 25.3 Å². The molecule has 1 saturated heterocycles. The van der Waals surface area contributed by atoms with Gasteiger partial charge < -0.3 is 9.64 Å². The predicted octanol–water partition coefficient (Wildman–Crippen LogP) is 1.39. The third kappa shape index (κ3) is 2.89. The van der Waals surface area contributed by atoms with Gasteiger partial charge in [0.15, 0.2) is 0 Å². The summed E-state index contributed by atoms with van der Waals surface area (Å²) < 4.78 is 5.14.